The van der Waals surface area contributed by atoms with Gasteiger partial charge in [0.05, 0.1) is 23.0 Å². The minimum Gasteiger partial charge on any atom is -0.400 e. The molecule has 0 bridgehead atoms. The molecule has 2 N–H and O–H groups in total. The molecule has 3 rings (SSSR count). The Balaban J connectivity index is 0.00000145. The summed E-state index contributed by atoms with van der Waals surface area (Å²) in [6.07, 6.45) is 0. The standard InChI is InChI=1S/C20H15ClN4O2.CH4O/c1-2-23-19(26)17-11-18(14-6-8-15(21)9-7-14)24-25(20(17)27)16-5-3-4-13(10-16)12-22;1-2/h3-11H,2H2,1H3,(H,23,26);2H,1H3. The number of rotatable bonds is 4. The molecule has 0 unspecified atom stereocenters. The summed E-state index contributed by atoms with van der Waals surface area (Å²) in [5.41, 5.74) is 1.34. The number of aliphatic hydroxyl groups excluding tert-OH is 1. The van der Waals surface area contributed by atoms with Crippen LogP contribution < -0.4 is 10.9 Å². The predicted molar refractivity (Wildman–Crippen MR) is 111 cm³/mol. The molecule has 0 saturated carbocycles. The fourth-order valence-electron chi connectivity index (χ4n) is 2.56. The van der Waals surface area contributed by atoms with Gasteiger partial charge in [-0.15, -0.1) is 0 Å². The number of carbonyl (C=O) groups excluding carboxylic acids is 1. The zero-order valence-corrected chi connectivity index (χ0v) is 16.6. The van der Waals surface area contributed by atoms with Crippen molar-refractivity contribution >= 4 is 17.5 Å². The Kier molecular flexibility index (Phi) is 7.66. The van der Waals surface area contributed by atoms with E-state index in [2.05, 4.69) is 10.4 Å². The molecule has 1 heterocycles. The van der Waals surface area contributed by atoms with Crippen LogP contribution in [0.3, 0.4) is 0 Å². The van der Waals surface area contributed by atoms with Crippen molar-refractivity contribution in [3.8, 4) is 23.0 Å². The fraction of sp³-hybridized carbons (Fsp3) is 0.143. The second-order valence-corrected chi connectivity index (χ2v) is 6.13. The molecule has 0 spiro atoms. The first-order valence-corrected chi connectivity index (χ1v) is 9.05. The quantitative estimate of drug-likeness (QED) is 0.687. The van der Waals surface area contributed by atoms with Crippen LogP contribution in [0.5, 0.6) is 0 Å². The average molecular weight is 411 g/mol. The van der Waals surface area contributed by atoms with E-state index in [0.717, 1.165) is 11.8 Å². The van der Waals surface area contributed by atoms with Gasteiger partial charge in [-0.25, -0.2) is 0 Å². The van der Waals surface area contributed by atoms with Gasteiger partial charge < -0.3 is 10.4 Å². The van der Waals surface area contributed by atoms with Crippen molar-refractivity contribution in [2.75, 3.05) is 13.7 Å². The van der Waals surface area contributed by atoms with Crippen LogP contribution in [0, 0.1) is 11.3 Å². The number of aliphatic hydroxyl groups is 1. The van der Waals surface area contributed by atoms with Crippen molar-refractivity contribution in [2.45, 2.75) is 6.92 Å². The highest BCUT2D eigenvalue weighted by Crippen LogP contribution is 2.20. The van der Waals surface area contributed by atoms with E-state index in [4.69, 9.17) is 22.0 Å². The lowest BCUT2D eigenvalue weighted by Gasteiger charge is -2.11. The highest BCUT2D eigenvalue weighted by molar-refractivity contribution is 6.30. The van der Waals surface area contributed by atoms with Crippen molar-refractivity contribution in [2.24, 2.45) is 0 Å². The Morgan fingerprint density at radius 3 is 2.52 bits per heavy atom. The van der Waals surface area contributed by atoms with Crippen LogP contribution in [0.15, 0.2) is 59.4 Å². The maximum absolute atomic E-state index is 12.9. The van der Waals surface area contributed by atoms with Gasteiger partial charge in [0, 0.05) is 24.2 Å². The van der Waals surface area contributed by atoms with Crippen LogP contribution in [0.4, 0.5) is 0 Å². The highest BCUT2D eigenvalue weighted by atomic mass is 35.5. The summed E-state index contributed by atoms with van der Waals surface area (Å²) in [7, 11) is 1.00. The van der Waals surface area contributed by atoms with E-state index in [1.165, 1.54) is 6.07 Å². The van der Waals surface area contributed by atoms with Crippen molar-refractivity contribution in [1.82, 2.24) is 15.1 Å². The van der Waals surface area contributed by atoms with Crippen molar-refractivity contribution in [3.63, 3.8) is 0 Å². The van der Waals surface area contributed by atoms with E-state index in [0.29, 0.717) is 34.1 Å². The van der Waals surface area contributed by atoms with Crippen molar-refractivity contribution in [1.29, 1.82) is 5.26 Å². The number of nitrogens with one attached hydrogen (secondary N) is 1. The van der Waals surface area contributed by atoms with E-state index in [1.54, 1.807) is 55.5 Å². The van der Waals surface area contributed by atoms with Gasteiger partial charge in [-0.2, -0.15) is 15.0 Å². The van der Waals surface area contributed by atoms with Gasteiger partial charge in [0.15, 0.2) is 0 Å². The second kappa shape index (κ2) is 10.2. The molecule has 0 aliphatic rings. The summed E-state index contributed by atoms with van der Waals surface area (Å²) in [5.74, 6) is -0.481. The SMILES string of the molecule is CCNC(=O)c1cc(-c2ccc(Cl)cc2)nn(-c2cccc(C#N)c2)c1=O.CO. The third kappa shape index (κ3) is 5.08. The number of halogens is 1. The maximum atomic E-state index is 12.9. The summed E-state index contributed by atoms with van der Waals surface area (Å²) in [5, 5.41) is 23.7. The number of amides is 1. The van der Waals surface area contributed by atoms with Crippen LogP contribution in [-0.4, -0.2) is 34.4 Å². The number of aromatic nitrogens is 2. The van der Waals surface area contributed by atoms with E-state index in [-0.39, 0.29) is 5.56 Å². The third-order valence-corrected chi connectivity index (χ3v) is 4.11. The fourth-order valence-corrected chi connectivity index (χ4v) is 2.68. The van der Waals surface area contributed by atoms with Gasteiger partial charge in [0.1, 0.15) is 5.56 Å². The second-order valence-electron chi connectivity index (χ2n) is 5.69. The molecule has 0 fully saturated rings. The molecule has 1 aromatic heterocycles. The predicted octanol–water partition coefficient (Wildman–Crippen LogP) is 2.78. The molecule has 0 saturated heterocycles. The van der Waals surface area contributed by atoms with Crippen LogP contribution in [0.25, 0.3) is 16.9 Å². The van der Waals surface area contributed by atoms with Crippen molar-refractivity contribution in [3.05, 3.63) is 81.1 Å². The third-order valence-electron chi connectivity index (χ3n) is 3.85. The lowest BCUT2D eigenvalue weighted by atomic mass is 10.1. The largest absolute Gasteiger partial charge is 0.400 e. The van der Waals surface area contributed by atoms with E-state index >= 15 is 0 Å². The van der Waals surface area contributed by atoms with E-state index in [9.17, 15) is 9.59 Å². The smallest absolute Gasteiger partial charge is 0.284 e. The minimum absolute atomic E-state index is 0.0286. The molecule has 0 atom stereocenters. The molecule has 148 valence electrons. The Bertz CT molecular complexity index is 1100. The Morgan fingerprint density at radius 1 is 1.21 bits per heavy atom. The summed E-state index contributed by atoms with van der Waals surface area (Å²) in [6.45, 7) is 2.16. The molecule has 0 aliphatic heterocycles. The molecule has 8 heteroatoms. The number of carbonyl (C=O) groups is 1. The maximum Gasteiger partial charge on any atom is 0.284 e. The van der Waals surface area contributed by atoms with Crippen LogP contribution in [-0.2, 0) is 0 Å². The molecule has 0 radical (unpaired) electrons. The monoisotopic (exact) mass is 410 g/mol. The summed E-state index contributed by atoms with van der Waals surface area (Å²) >= 11 is 5.94. The van der Waals surface area contributed by atoms with Crippen LogP contribution in [0.2, 0.25) is 5.02 Å². The lowest BCUT2D eigenvalue weighted by molar-refractivity contribution is 0.0953. The lowest BCUT2D eigenvalue weighted by Crippen LogP contribution is -2.33. The molecule has 1 amide bonds. The topological polar surface area (TPSA) is 108 Å². The molecular formula is C21H19ClN4O3. The zero-order chi connectivity index (χ0) is 21.4. The zero-order valence-electron chi connectivity index (χ0n) is 15.9. The first kappa shape index (κ1) is 21.8. The number of hydrogen-bond acceptors (Lipinski definition) is 5. The Morgan fingerprint density at radius 2 is 1.90 bits per heavy atom. The minimum atomic E-state index is -0.561. The van der Waals surface area contributed by atoms with Gasteiger partial charge in [-0.3, -0.25) is 9.59 Å². The Hall–Kier alpha value is -3.47. The van der Waals surface area contributed by atoms with Crippen LogP contribution in [0.1, 0.15) is 22.8 Å². The highest BCUT2D eigenvalue weighted by Gasteiger charge is 2.17. The molecular weight excluding hydrogens is 392 g/mol. The first-order valence-electron chi connectivity index (χ1n) is 8.67. The summed E-state index contributed by atoms with van der Waals surface area (Å²) in [4.78, 5) is 25.2. The number of benzene rings is 2. The molecule has 3 aromatic rings. The molecule has 2 aromatic carbocycles. The Labute approximate surface area is 172 Å². The molecule has 0 aliphatic carbocycles. The first-order chi connectivity index (χ1) is 14.0. The number of nitrogens with zero attached hydrogens (tertiary/aromatic N) is 3. The average Bonchev–Trinajstić information content (AvgIpc) is 2.76. The number of nitriles is 1. The summed E-state index contributed by atoms with van der Waals surface area (Å²) in [6, 6.07) is 16.9. The molecule has 7 nitrogen and oxygen atoms in total. The van der Waals surface area contributed by atoms with Gasteiger partial charge in [0.25, 0.3) is 11.5 Å². The number of hydrogen-bond donors (Lipinski definition) is 2. The normalized spacial score (nSPS) is 9.76. The van der Waals surface area contributed by atoms with Gasteiger partial charge >= 0.3 is 0 Å². The van der Waals surface area contributed by atoms with E-state index < -0.39 is 11.5 Å². The summed E-state index contributed by atoms with van der Waals surface area (Å²) < 4.78 is 1.13. The van der Waals surface area contributed by atoms with Gasteiger partial charge in [-0.1, -0.05) is 29.8 Å². The molecule has 29 heavy (non-hydrogen) atoms. The van der Waals surface area contributed by atoms with Gasteiger partial charge in [-0.05, 0) is 43.3 Å². The van der Waals surface area contributed by atoms with Crippen molar-refractivity contribution < 1.29 is 9.90 Å². The van der Waals surface area contributed by atoms with Crippen LogP contribution >= 0.6 is 11.6 Å². The van der Waals surface area contributed by atoms with Gasteiger partial charge in [0.2, 0.25) is 0 Å². The van der Waals surface area contributed by atoms with E-state index in [1.807, 2.05) is 6.07 Å².